The largest absolute Gasteiger partial charge is 0.485 e. The van der Waals surface area contributed by atoms with Crippen LogP contribution in [-0.2, 0) is 6.42 Å². The van der Waals surface area contributed by atoms with Crippen LogP contribution in [-0.4, -0.2) is 58.3 Å². The molecule has 1 atom stereocenters. The number of carbonyl (C=O) groups excluding carboxylic acids is 1. The predicted octanol–water partition coefficient (Wildman–Crippen LogP) is 2.65. The molecule has 2 aromatic heterocycles. The molecule has 0 spiro atoms. The number of hydrogen-bond acceptors (Lipinski definition) is 5. The second kappa shape index (κ2) is 7.98. The number of carbonyl (C=O) groups is 1. The van der Waals surface area contributed by atoms with Gasteiger partial charge in [-0.05, 0) is 31.4 Å². The van der Waals surface area contributed by atoms with Crippen molar-refractivity contribution in [1.82, 2.24) is 20.1 Å². The Bertz CT molecular complexity index is 784. The summed E-state index contributed by atoms with van der Waals surface area (Å²) >= 11 is 0. The van der Waals surface area contributed by atoms with Gasteiger partial charge in [0.05, 0.1) is 18.3 Å². The van der Waals surface area contributed by atoms with E-state index in [-0.39, 0.29) is 12.0 Å². The number of aryl methyl sites for hydroxylation is 1. The lowest BCUT2D eigenvalue weighted by Gasteiger charge is -2.22. The van der Waals surface area contributed by atoms with Gasteiger partial charge in [0.2, 0.25) is 0 Å². The van der Waals surface area contributed by atoms with Crippen LogP contribution in [0.15, 0.2) is 24.5 Å². The molecule has 0 aromatic carbocycles. The van der Waals surface area contributed by atoms with E-state index in [4.69, 9.17) is 4.74 Å². The molecule has 0 saturated carbocycles. The first-order chi connectivity index (χ1) is 13.3. The number of hydrogen-bond donors (Lipinski definition) is 1. The lowest BCUT2D eigenvalue weighted by atomic mass is 10.1. The van der Waals surface area contributed by atoms with Crippen molar-refractivity contribution in [2.75, 3.05) is 31.1 Å². The quantitative estimate of drug-likeness (QED) is 0.847. The third-order valence-corrected chi connectivity index (χ3v) is 5.33. The molecule has 0 radical (unpaired) electrons. The number of pyridine rings is 1. The average Bonchev–Trinajstić information content (AvgIpc) is 3.44. The van der Waals surface area contributed by atoms with E-state index in [0.717, 1.165) is 49.6 Å². The highest BCUT2D eigenvalue weighted by atomic mass is 16.5. The van der Waals surface area contributed by atoms with E-state index >= 15 is 0 Å². The minimum Gasteiger partial charge on any atom is -0.485 e. The van der Waals surface area contributed by atoms with E-state index in [9.17, 15) is 4.79 Å². The Hall–Kier alpha value is -2.57. The van der Waals surface area contributed by atoms with E-state index < -0.39 is 0 Å². The molecule has 1 N–H and O–H groups in total. The predicted molar refractivity (Wildman–Crippen MR) is 103 cm³/mol. The summed E-state index contributed by atoms with van der Waals surface area (Å²) in [5.74, 6) is 1.80. The minimum atomic E-state index is 0.000953. The fourth-order valence-corrected chi connectivity index (χ4v) is 3.94. The number of nitrogens with zero attached hydrogens (tertiary/aromatic N) is 4. The normalized spacial score (nSPS) is 19.7. The zero-order chi connectivity index (χ0) is 18.6. The Balaban J connectivity index is 1.42. The van der Waals surface area contributed by atoms with Gasteiger partial charge >= 0.3 is 0 Å². The van der Waals surface area contributed by atoms with Crippen molar-refractivity contribution in [3.8, 4) is 5.75 Å². The molecule has 7 heteroatoms. The first kappa shape index (κ1) is 17.8. The van der Waals surface area contributed by atoms with Gasteiger partial charge in [0.15, 0.2) is 11.6 Å². The van der Waals surface area contributed by atoms with Gasteiger partial charge in [-0.1, -0.05) is 13.3 Å². The monoisotopic (exact) mass is 369 g/mol. The number of ether oxygens (including phenoxy) is 1. The van der Waals surface area contributed by atoms with Crippen LogP contribution in [0.4, 0.5) is 5.82 Å². The van der Waals surface area contributed by atoms with Crippen LogP contribution in [0.3, 0.4) is 0 Å². The van der Waals surface area contributed by atoms with Crippen LogP contribution in [0.1, 0.15) is 48.7 Å². The van der Waals surface area contributed by atoms with Gasteiger partial charge in [-0.15, -0.1) is 0 Å². The third-order valence-electron chi connectivity index (χ3n) is 5.33. The summed E-state index contributed by atoms with van der Waals surface area (Å²) in [6.07, 6.45) is 8.52. The van der Waals surface area contributed by atoms with Crippen LogP contribution >= 0.6 is 0 Å². The molecule has 27 heavy (non-hydrogen) atoms. The fraction of sp³-hybridized carbons (Fsp3) is 0.550. The Morgan fingerprint density at radius 2 is 2.19 bits per heavy atom. The van der Waals surface area contributed by atoms with Gasteiger partial charge in [-0.25, -0.2) is 4.98 Å². The van der Waals surface area contributed by atoms with E-state index in [1.807, 2.05) is 23.2 Å². The molecule has 4 heterocycles. The molecule has 2 aromatic rings. The van der Waals surface area contributed by atoms with Gasteiger partial charge in [0.25, 0.3) is 5.91 Å². The summed E-state index contributed by atoms with van der Waals surface area (Å²) in [5.41, 5.74) is 1.62. The molecule has 7 nitrogen and oxygen atoms in total. The highest BCUT2D eigenvalue weighted by molar-refractivity contribution is 5.95. The van der Waals surface area contributed by atoms with Crippen molar-refractivity contribution in [3.63, 3.8) is 0 Å². The molecule has 2 aliphatic heterocycles. The zero-order valence-electron chi connectivity index (χ0n) is 15.9. The molecular formula is C20H27N5O2. The first-order valence-corrected chi connectivity index (χ1v) is 9.94. The van der Waals surface area contributed by atoms with Gasteiger partial charge < -0.3 is 14.5 Å². The maximum absolute atomic E-state index is 12.9. The van der Waals surface area contributed by atoms with E-state index in [2.05, 4.69) is 27.0 Å². The van der Waals surface area contributed by atoms with Crippen molar-refractivity contribution in [2.45, 2.75) is 45.1 Å². The molecule has 4 rings (SSSR count). The van der Waals surface area contributed by atoms with Crippen molar-refractivity contribution >= 4 is 11.7 Å². The summed E-state index contributed by atoms with van der Waals surface area (Å²) in [6.45, 7) is 5.47. The van der Waals surface area contributed by atoms with Crippen molar-refractivity contribution in [3.05, 3.63) is 35.8 Å². The number of amides is 1. The zero-order valence-corrected chi connectivity index (χ0v) is 15.9. The second-order valence-electron chi connectivity index (χ2n) is 7.31. The molecule has 0 bridgehead atoms. The summed E-state index contributed by atoms with van der Waals surface area (Å²) in [5, 5.41) is 7.02. The number of aromatic amines is 1. The highest BCUT2D eigenvalue weighted by Crippen LogP contribution is 2.30. The van der Waals surface area contributed by atoms with E-state index in [1.54, 1.807) is 6.20 Å². The van der Waals surface area contributed by atoms with Crippen molar-refractivity contribution in [2.24, 2.45) is 0 Å². The average molecular weight is 369 g/mol. The SMILES string of the molecule is CCCc1[nH]ncc1C(=O)N1CC[C@@H](Oc2cccnc2N2CCCC2)C1. The summed E-state index contributed by atoms with van der Waals surface area (Å²) in [4.78, 5) is 21.6. The topological polar surface area (TPSA) is 74.3 Å². The fourth-order valence-electron chi connectivity index (χ4n) is 3.94. The number of nitrogens with one attached hydrogen (secondary N) is 1. The van der Waals surface area contributed by atoms with Gasteiger partial charge in [-0.2, -0.15) is 5.10 Å². The van der Waals surface area contributed by atoms with Gasteiger partial charge in [-0.3, -0.25) is 9.89 Å². The number of H-pyrrole nitrogens is 1. The summed E-state index contributed by atoms with van der Waals surface area (Å²) in [6, 6.07) is 3.90. The van der Waals surface area contributed by atoms with Crippen LogP contribution in [0.5, 0.6) is 5.75 Å². The Labute approximate surface area is 159 Å². The number of anilines is 1. The summed E-state index contributed by atoms with van der Waals surface area (Å²) < 4.78 is 6.27. The molecule has 2 aliphatic rings. The van der Waals surface area contributed by atoms with Crippen molar-refractivity contribution in [1.29, 1.82) is 0 Å². The van der Waals surface area contributed by atoms with Crippen LogP contribution in [0, 0.1) is 0 Å². The summed E-state index contributed by atoms with van der Waals surface area (Å²) in [7, 11) is 0. The smallest absolute Gasteiger partial charge is 0.257 e. The Morgan fingerprint density at radius 1 is 1.33 bits per heavy atom. The molecule has 144 valence electrons. The molecule has 0 aliphatic carbocycles. The van der Waals surface area contributed by atoms with Crippen LogP contribution < -0.4 is 9.64 Å². The molecule has 2 saturated heterocycles. The first-order valence-electron chi connectivity index (χ1n) is 9.94. The van der Waals surface area contributed by atoms with E-state index in [0.29, 0.717) is 18.7 Å². The lowest BCUT2D eigenvalue weighted by molar-refractivity contribution is 0.0771. The third kappa shape index (κ3) is 3.77. The molecule has 0 unspecified atom stereocenters. The second-order valence-corrected chi connectivity index (χ2v) is 7.31. The van der Waals surface area contributed by atoms with Gasteiger partial charge in [0.1, 0.15) is 6.10 Å². The number of aromatic nitrogens is 3. The Morgan fingerprint density at radius 3 is 3.00 bits per heavy atom. The maximum atomic E-state index is 12.9. The molecule has 1 amide bonds. The minimum absolute atomic E-state index is 0.000953. The van der Waals surface area contributed by atoms with Crippen LogP contribution in [0.2, 0.25) is 0 Å². The number of likely N-dealkylation sites (tertiary alicyclic amines) is 1. The Kier molecular flexibility index (Phi) is 5.27. The van der Waals surface area contributed by atoms with Gasteiger partial charge in [0, 0.05) is 37.9 Å². The number of rotatable bonds is 6. The van der Waals surface area contributed by atoms with Crippen LogP contribution in [0.25, 0.3) is 0 Å². The highest BCUT2D eigenvalue weighted by Gasteiger charge is 2.31. The standard InChI is InChI=1S/C20H27N5O2/c1-2-6-17-16(13-22-23-17)20(26)25-12-8-15(14-25)27-18-7-5-9-21-19(18)24-10-3-4-11-24/h5,7,9,13,15H,2-4,6,8,10-12,14H2,1H3,(H,22,23)/t15-/m1/s1. The molecular weight excluding hydrogens is 342 g/mol. The molecule has 2 fully saturated rings. The maximum Gasteiger partial charge on any atom is 0.257 e. The lowest BCUT2D eigenvalue weighted by Crippen LogP contribution is -2.31. The van der Waals surface area contributed by atoms with Crippen molar-refractivity contribution < 1.29 is 9.53 Å². The van der Waals surface area contributed by atoms with E-state index in [1.165, 1.54) is 12.8 Å².